The van der Waals surface area contributed by atoms with Crippen LogP contribution in [0, 0.1) is 6.92 Å². The highest BCUT2D eigenvalue weighted by Crippen LogP contribution is 2.38. The number of rotatable bonds is 4. The van der Waals surface area contributed by atoms with Gasteiger partial charge >= 0.3 is 7.12 Å². The first-order valence-electron chi connectivity index (χ1n) is 7.56. The predicted molar refractivity (Wildman–Crippen MR) is 89.8 cm³/mol. The molecule has 0 amide bonds. The molecule has 1 fully saturated rings. The van der Waals surface area contributed by atoms with Crippen LogP contribution in [0.1, 0.15) is 38.8 Å². The van der Waals surface area contributed by atoms with Gasteiger partial charge in [-0.1, -0.05) is 6.08 Å². The maximum atomic E-state index is 12.0. The van der Waals surface area contributed by atoms with E-state index >= 15 is 0 Å². The summed E-state index contributed by atoms with van der Waals surface area (Å²) in [5, 5.41) is 3.11. The fourth-order valence-electron chi connectivity index (χ4n) is 2.32. The Bertz CT molecular complexity index is 619. The number of pyridine rings is 1. The number of likely N-dealkylation sites (N-methyl/N-ethyl adjacent to an activating group) is 1. The summed E-state index contributed by atoms with van der Waals surface area (Å²) in [7, 11) is 1.40. The van der Waals surface area contributed by atoms with E-state index in [4.69, 9.17) is 9.31 Å². The highest BCUT2D eigenvalue weighted by Gasteiger charge is 2.52. The second-order valence-corrected chi connectivity index (χ2v) is 6.80. The maximum absolute atomic E-state index is 12.0. The van der Waals surface area contributed by atoms with Gasteiger partial charge in [-0.25, -0.2) is 0 Å². The average molecular weight is 304 g/mol. The third kappa shape index (κ3) is 3.34. The molecule has 0 aromatic carbocycles. The Kier molecular flexibility index (Phi) is 4.66. The number of hydrogen-bond acceptors (Lipinski definition) is 4. The lowest BCUT2D eigenvalue weighted by atomic mass is 9.77. The predicted octanol–water partition coefficient (Wildman–Crippen LogP) is 1.92. The quantitative estimate of drug-likeness (QED) is 0.834. The lowest BCUT2D eigenvalue weighted by Crippen LogP contribution is -2.41. The van der Waals surface area contributed by atoms with E-state index in [1.807, 2.05) is 53.8 Å². The third-order valence-corrected chi connectivity index (χ3v) is 4.35. The Labute approximate surface area is 132 Å². The number of H-pyrrole nitrogens is 1. The number of hydrogen-bond donors (Lipinski definition) is 2. The van der Waals surface area contributed by atoms with Gasteiger partial charge in [0, 0.05) is 18.3 Å². The van der Waals surface area contributed by atoms with Crippen LogP contribution in [0.5, 0.6) is 0 Å². The molecule has 6 heteroatoms. The van der Waals surface area contributed by atoms with Crippen molar-refractivity contribution in [3.63, 3.8) is 0 Å². The van der Waals surface area contributed by atoms with Gasteiger partial charge in [0.05, 0.1) is 11.2 Å². The molecule has 22 heavy (non-hydrogen) atoms. The SMILES string of the molecule is CNCC(=Cc1cc(C)c[nH]c1=O)B1OC(C)(C)C(C)(C)O1. The molecule has 0 atom stereocenters. The Hall–Kier alpha value is -1.37. The number of aromatic amines is 1. The van der Waals surface area contributed by atoms with Gasteiger partial charge in [0.15, 0.2) is 0 Å². The van der Waals surface area contributed by atoms with Crippen LogP contribution < -0.4 is 10.9 Å². The Morgan fingerprint density at radius 1 is 1.32 bits per heavy atom. The van der Waals surface area contributed by atoms with Gasteiger partial charge in [-0.15, -0.1) is 0 Å². The molecule has 0 unspecified atom stereocenters. The molecule has 120 valence electrons. The number of nitrogens with one attached hydrogen (secondary N) is 2. The Balaban J connectivity index is 2.37. The number of aryl methyl sites for hydroxylation is 1. The van der Waals surface area contributed by atoms with E-state index in [1.54, 1.807) is 6.20 Å². The highest BCUT2D eigenvalue weighted by molar-refractivity contribution is 6.55. The maximum Gasteiger partial charge on any atom is 0.491 e. The zero-order valence-corrected chi connectivity index (χ0v) is 14.2. The second-order valence-electron chi connectivity index (χ2n) is 6.80. The first kappa shape index (κ1) is 17.0. The van der Waals surface area contributed by atoms with Crippen LogP contribution in [0.2, 0.25) is 0 Å². The van der Waals surface area contributed by atoms with Crippen molar-refractivity contribution in [2.45, 2.75) is 45.8 Å². The van der Waals surface area contributed by atoms with Crippen molar-refractivity contribution in [1.82, 2.24) is 10.3 Å². The topological polar surface area (TPSA) is 63.4 Å². The lowest BCUT2D eigenvalue weighted by molar-refractivity contribution is 0.00578. The fraction of sp³-hybridized carbons (Fsp3) is 0.562. The molecular formula is C16H25BN2O3. The van der Waals surface area contributed by atoms with Crippen molar-refractivity contribution in [3.05, 3.63) is 39.2 Å². The van der Waals surface area contributed by atoms with Crippen molar-refractivity contribution in [2.24, 2.45) is 0 Å². The van der Waals surface area contributed by atoms with Crippen LogP contribution in [-0.4, -0.2) is 36.9 Å². The molecule has 0 spiro atoms. The van der Waals surface area contributed by atoms with Gasteiger partial charge in [0.1, 0.15) is 0 Å². The third-order valence-electron chi connectivity index (χ3n) is 4.35. The van der Waals surface area contributed by atoms with Crippen molar-refractivity contribution < 1.29 is 9.31 Å². The van der Waals surface area contributed by atoms with E-state index in [-0.39, 0.29) is 5.56 Å². The van der Waals surface area contributed by atoms with Gasteiger partial charge in [-0.3, -0.25) is 4.79 Å². The van der Waals surface area contributed by atoms with Crippen molar-refractivity contribution in [1.29, 1.82) is 0 Å². The largest absolute Gasteiger partial charge is 0.491 e. The molecule has 0 bridgehead atoms. The van der Waals surface area contributed by atoms with Crippen LogP contribution >= 0.6 is 0 Å². The molecule has 0 aliphatic carbocycles. The van der Waals surface area contributed by atoms with E-state index in [1.165, 1.54) is 0 Å². The smallest absolute Gasteiger partial charge is 0.400 e. The molecule has 1 aromatic rings. The minimum atomic E-state index is -0.461. The van der Waals surface area contributed by atoms with Crippen molar-refractivity contribution >= 4 is 13.2 Å². The molecule has 2 N–H and O–H groups in total. The van der Waals surface area contributed by atoms with Crippen molar-refractivity contribution in [2.75, 3.05) is 13.6 Å². The van der Waals surface area contributed by atoms with Crippen LogP contribution in [-0.2, 0) is 9.31 Å². The second kappa shape index (κ2) is 6.03. The molecule has 2 rings (SSSR count). The molecule has 1 aromatic heterocycles. The van der Waals surface area contributed by atoms with Gasteiger partial charge in [0.2, 0.25) is 0 Å². The summed E-state index contributed by atoms with van der Waals surface area (Å²) in [6.07, 6.45) is 3.55. The van der Waals surface area contributed by atoms with Crippen LogP contribution in [0.4, 0.5) is 0 Å². The molecule has 1 saturated heterocycles. The Morgan fingerprint density at radius 3 is 2.45 bits per heavy atom. The molecule has 2 heterocycles. The summed E-state index contributed by atoms with van der Waals surface area (Å²) in [5.41, 5.74) is 1.60. The zero-order chi connectivity index (χ0) is 16.5. The van der Waals surface area contributed by atoms with Gasteiger partial charge in [-0.2, -0.15) is 0 Å². The molecule has 0 radical (unpaired) electrons. The fourth-order valence-corrected chi connectivity index (χ4v) is 2.32. The van der Waals surface area contributed by atoms with E-state index in [0.29, 0.717) is 12.1 Å². The highest BCUT2D eigenvalue weighted by atomic mass is 16.7. The molecule has 1 aliphatic rings. The van der Waals surface area contributed by atoms with E-state index in [9.17, 15) is 4.79 Å². The average Bonchev–Trinajstić information content (AvgIpc) is 2.62. The molecule has 1 aliphatic heterocycles. The van der Waals surface area contributed by atoms with Crippen LogP contribution in [0.25, 0.3) is 6.08 Å². The standard InChI is InChI=1S/C16H25BN2O3/c1-11-7-12(14(20)19-9-11)8-13(10-18-6)17-21-15(2,3)16(4,5)22-17/h7-9,18H,10H2,1-6H3,(H,19,20). The monoisotopic (exact) mass is 304 g/mol. The first-order chi connectivity index (χ1) is 10.2. The van der Waals surface area contributed by atoms with Crippen LogP contribution in [0.15, 0.2) is 22.5 Å². The van der Waals surface area contributed by atoms with Gasteiger partial charge < -0.3 is 19.6 Å². The zero-order valence-electron chi connectivity index (χ0n) is 14.2. The van der Waals surface area contributed by atoms with E-state index in [2.05, 4.69) is 10.3 Å². The van der Waals surface area contributed by atoms with Gasteiger partial charge in [0.25, 0.3) is 5.56 Å². The lowest BCUT2D eigenvalue weighted by Gasteiger charge is -2.32. The molecule has 0 saturated carbocycles. The van der Waals surface area contributed by atoms with Crippen molar-refractivity contribution in [3.8, 4) is 0 Å². The van der Waals surface area contributed by atoms with E-state index in [0.717, 1.165) is 11.0 Å². The summed E-state index contributed by atoms with van der Waals surface area (Å²) in [6.45, 7) is 10.6. The minimum Gasteiger partial charge on any atom is -0.400 e. The Morgan fingerprint density at radius 2 is 1.91 bits per heavy atom. The summed E-state index contributed by atoms with van der Waals surface area (Å²) >= 11 is 0. The van der Waals surface area contributed by atoms with Gasteiger partial charge in [-0.05, 0) is 58.8 Å². The van der Waals surface area contributed by atoms with E-state index < -0.39 is 18.3 Å². The number of aromatic nitrogens is 1. The van der Waals surface area contributed by atoms with Crippen LogP contribution in [0.3, 0.4) is 0 Å². The molecular weight excluding hydrogens is 279 g/mol. The first-order valence-corrected chi connectivity index (χ1v) is 7.56. The summed E-state index contributed by atoms with van der Waals surface area (Å²) in [5.74, 6) is 0. The normalized spacial score (nSPS) is 20.5. The molecule has 5 nitrogen and oxygen atoms in total. The summed E-state index contributed by atoms with van der Waals surface area (Å²) < 4.78 is 12.2. The summed E-state index contributed by atoms with van der Waals surface area (Å²) in [6, 6.07) is 1.86. The summed E-state index contributed by atoms with van der Waals surface area (Å²) in [4.78, 5) is 14.7. The minimum absolute atomic E-state index is 0.115.